The predicted molar refractivity (Wildman–Crippen MR) is 89.0 cm³/mol. The van der Waals surface area contributed by atoms with Gasteiger partial charge in [0.05, 0.1) is 12.0 Å². The van der Waals surface area contributed by atoms with Gasteiger partial charge in [-0.3, -0.25) is 9.59 Å². The summed E-state index contributed by atoms with van der Waals surface area (Å²) >= 11 is 0. The van der Waals surface area contributed by atoms with E-state index >= 15 is 0 Å². The van der Waals surface area contributed by atoms with Crippen LogP contribution in [0.4, 0.5) is 4.39 Å². The molecule has 2 rings (SSSR count). The number of carboxylic acid groups (broad SMARTS) is 1. The van der Waals surface area contributed by atoms with Crippen molar-refractivity contribution >= 4 is 11.9 Å². The number of amides is 1. The van der Waals surface area contributed by atoms with Gasteiger partial charge in [-0.2, -0.15) is 0 Å². The van der Waals surface area contributed by atoms with Gasteiger partial charge in [0.1, 0.15) is 5.82 Å². The minimum Gasteiger partial charge on any atom is -0.481 e. The first kappa shape index (κ1) is 18.4. The summed E-state index contributed by atoms with van der Waals surface area (Å²) < 4.78 is 13.6. The summed E-state index contributed by atoms with van der Waals surface area (Å²) in [5, 5.41) is 9.57. The van der Waals surface area contributed by atoms with Gasteiger partial charge in [-0.05, 0) is 37.2 Å². The Morgan fingerprint density at radius 1 is 1.38 bits per heavy atom. The number of likely N-dealkylation sites (N-methyl/N-ethyl adjacent to an activating group) is 1. The number of hydrogen-bond donors (Lipinski definition) is 1. The van der Waals surface area contributed by atoms with E-state index in [1.807, 2.05) is 13.8 Å². The molecule has 1 aliphatic rings. The number of carbonyl (C=O) groups excluding carboxylic acids is 1. The molecule has 0 spiro atoms. The minimum atomic E-state index is -0.940. The average molecular weight is 336 g/mol. The third-order valence-electron chi connectivity index (χ3n) is 4.77. The highest BCUT2D eigenvalue weighted by Gasteiger charge is 2.40. The van der Waals surface area contributed by atoms with Crippen molar-refractivity contribution in [2.75, 3.05) is 26.2 Å². The molecule has 1 saturated heterocycles. The van der Waals surface area contributed by atoms with Gasteiger partial charge in [-0.15, -0.1) is 0 Å². The number of rotatable bonds is 7. The molecule has 6 heteroatoms. The Morgan fingerprint density at radius 3 is 2.67 bits per heavy atom. The number of benzene rings is 1. The molecule has 0 radical (unpaired) electrons. The fourth-order valence-corrected chi connectivity index (χ4v) is 3.37. The van der Waals surface area contributed by atoms with Crippen molar-refractivity contribution in [2.45, 2.75) is 32.7 Å². The molecule has 132 valence electrons. The quantitative estimate of drug-likeness (QED) is 0.831. The standard InChI is InChI=1S/C18H25FN2O3/c1-3-20(4-2)10-11-21-16(22)9-8-15(18(23)24)17(21)13-6-5-7-14(19)12-13/h5-7,12,15,17H,3-4,8-11H2,1-2H3,(H,23,24)/t15-,17-/m0/s1. The lowest BCUT2D eigenvalue weighted by Gasteiger charge is -2.40. The van der Waals surface area contributed by atoms with Crippen LogP contribution in [0.15, 0.2) is 24.3 Å². The van der Waals surface area contributed by atoms with E-state index in [2.05, 4.69) is 4.90 Å². The van der Waals surface area contributed by atoms with Crippen LogP contribution in [0.2, 0.25) is 0 Å². The molecule has 1 amide bonds. The molecule has 24 heavy (non-hydrogen) atoms. The van der Waals surface area contributed by atoms with Crippen LogP contribution in [0.25, 0.3) is 0 Å². The van der Waals surface area contributed by atoms with Gasteiger partial charge in [-0.1, -0.05) is 26.0 Å². The second-order valence-corrected chi connectivity index (χ2v) is 6.10. The largest absolute Gasteiger partial charge is 0.481 e. The maximum atomic E-state index is 13.6. The Kier molecular flexibility index (Phi) is 6.31. The maximum Gasteiger partial charge on any atom is 0.308 e. The van der Waals surface area contributed by atoms with Gasteiger partial charge in [0.15, 0.2) is 0 Å². The average Bonchev–Trinajstić information content (AvgIpc) is 2.56. The van der Waals surface area contributed by atoms with Gasteiger partial charge in [0.2, 0.25) is 5.91 Å². The van der Waals surface area contributed by atoms with Gasteiger partial charge in [0.25, 0.3) is 0 Å². The zero-order valence-electron chi connectivity index (χ0n) is 14.2. The van der Waals surface area contributed by atoms with Crippen molar-refractivity contribution in [3.8, 4) is 0 Å². The Balaban J connectivity index is 2.31. The molecule has 1 fully saturated rings. The molecule has 1 N–H and O–H groups in total. The van der Waals surface area contributed by atoms with E-state index in [0.717, 1.165) is 13.1 Å². The lowest BCUT2D eigenvalue weighted by Crippen LogP contribution is -2.48. The van der Waals surface area contributed by atoms with Crippen molar-refractivity contribution in [3.63, 3.8) is 0 Å². The minimum absolute atomic E-state index is 0.0612. The molecule has 0 aromatic heterocycles. The van der Waals surface area contributed by atoms with Crippen molar-refractivity contribution in [1.29, 1.82) is 0 Å². The number of halogens is 1. The number of piperidine rings is 1. The first-order chi connectivity index (χ1) is 11.5. The molecular formula is C18H25FN2O3. The monoisotopic (exact) mass is 336 g/mol. The highest BCUT2D eigenvalue weighted by atomic mass is 19.1. The zero-order valence-corrected chi connectivity index (χ0v) is 14.2. The molecule has 5 nitrogen and oxygen atoms in total. The molecule has 1 heterocycles. The Bertz CT molecular complexity index is 589. The van der Waals surface area contributed by atoms with E-state index in [1.54, 1.807) is 17.0 Å². The topological polar surface area (TPSA) is 60.9 Å². The Hall–Kier alpha value is -1.95. The summed E-state index contributed by atoms with van der Waals surface area (Å²) in [6.45, 7) is 6.96. The summed E-state index contributed by atoms with van der Waals surface area (Å²) in [5.41, 5.74) is 0.551. The molecule has 1 aromatic carbocycles. The third-order valence-corrected chi connectivity index (χ3v) is 4.77. The molecule has 0 unspecified atom stereocenters. The lowest BCUT2D eigenvalue weighted by molar-refractivity contribution is -0.152. The van der Waals surface area contributed by atoms with Crippen LogP contribution in [0.1, 0.15) is 38.3 Å². The summed E-state index contributed by atoms with van der Waals surface area (Å²) in [6, 6.07) is 5.31. The second kappa shape index (κ2) is 8.24. The van der Waals surface area contributed by atoms with E-state index in [-0.39, 0.29) is 18.7 Å². The van der Waals surface area contributed by atoms with E-state index in [0.29, 0.717) is 18.7 Å². The van der Waals surface area contributed by atoms with Gasteiger partial charge in [-0.25, -0.2) is 4.39 Å². The van der Waals surface area contributed by atoms with Crippen LogP contribution in [0, 0.1) is 11.7 Å². The predicted octanol–water partition coefficient (Wildman–Crippen LogP) is 2.53. The van der Waals surface area contributed by atoms with Crippen LogP contribution >= 0.6 is 0 Å². The maximum absolute atomic E-state index is 13.6. The smallest absolute Gasteiger partial charge is 0.308 e. The van der Waals surface area contributed by atoms with Gasteiger partial charge < -0.3 is 14.9 Å². The third kappa shape index (κ3) is 4.12. The zero-order chi connectivity index (χ0) is 17.7. The summed E-state index contributed by atoms with van der Waals surface area (Å²) in [4.78, 5) is 27.9. The fraction of sp³-hybridized carbons (Fsp3) is 0.556. The highest BCUT2D eigenvalue weighted by molar-refractivity contribution is 5.81. The molecule has 0 bridgehead atoms. The van der Waals surface area contributed by atoms with E-state index < -0.39 is 23.7 Å². The normalized spacial score (nSPS) is 21.3. The van der Waals surface area contributed by atoms with Crippen molar-refractivity contribution in [1.82, 2.24) is 9.80 Å². The summed E-state index contributed by atoms with van der Waals surface area (Å²) in [7, 11) is 0. The molecule has 1 aliphatic heterocycles. The summed E-state index contributed by atoms with van der Waals surface area (Å²) in [6.07, 6.45) is 0.512. The van der Waals surface area contributed by atoms with E-state index in [9.17, 15) is 19.1 Å². The van der Waals surface area contributed by atoms with Crippen molar-refractivity contribution in [2.24, 2.45) is 5.92 Å². The summed E-state index contributed by atoms with van der Waals surface area (Å²) in [5.74, 6) is -2.13. The van der Waals surface area contributed by atoms with Crippen molar-refractivity contribution < 1.29 is 19.1 Å². The second-order valence-electron chi connectivity index (χ2n) is 6.10. The molecule has 2 atom stereocenters. The van der Waals surface area contributed by atoms with Crippen LogP contribution in [-0.2, 0) is 9.59 Å². The van der Waals surface area contributed by atoms with E-state index in [1.165, 1.54) is 12.1 Å². The van der Waals surface area contributed by atoms with Crippen LogP contribution in [-0.4, -0.2) is 53.0 Å². The number of nitrogens with zero attached hydrogens (tertiary/aromatic N) is 2. The number of carbonyl (C=O) groups is 2. The molecule has 0 saturated carbocycles. The highest BCUT2D eigenvalue weighted by Crippen LogP contribution is 2.37. The number of likely N-dealkylation sites (tertiary alicyclic amines) is 1. The first-order valence-electron chi connectivity index (χ1n) is 8.48. The molecular weight excluding hydrogens is 311 g/mol. The van der Waals surface area contributed by atoms with E-state index in [4.69, 9.17) is 0 Å². The SMILES string of the molecule is CCN(CC)CCN1C(=O)CC[C@H](C(=O)O)[C@@H]1c1cccc(F)c1. The van der Waals surface area contributed by atoms with Crippen LogP contribution in [0.3, 0.4) is 0 Å². The van der Waals surface area contributed by atoms with Crippen LogP contribution in [0.5, 0.6) is 0 Å². The van der Waals surface area contributed by atoms with Gasteiger partial charge >= 0.3 is 5.97 Å². The number of carboxylic acids is 1. The van der Waals surface area contributed by atoms with Crippen molar-refractivity contribution in [3.05, 3.63) is 35.6 Å². The van der Waals surface area contributed by atoms with Gasteiger partial charge in [0, 0.05) is 19.5 Å². The van der Waals surface area contributed by atoms with Crippen LogP contribution < -0.4 is 0 Å². The lowest BCUT2D eigenvalue weighted by atomic mass is 9.84. The Morgan fingerprint density at radius 2 is 2.08 bits per heavy atom. The Labute approximate surface area is 142 Å². The first-order valence-corrected chi connectivity index (χ1v) is 8.48. The number of hydrogen-bond acceptors (Lipinski definition) is 3. The number of aliphatic carboxylic acids is 1. The molecule has 0 aliphatic carbocycles. The fourth-order valence-electron chi connectivity index (χ4n) is 3.37. The molecule has 1 aromatic rings.